The molecule has 1 saturated carbocycles. The summed E-state index contributed by atoms with van der Waals surface area (Å²) in [6.45, 7) is 17.5. The highest BCUT2D eigenvalue weighted by Gasteiger charge is 2.26. The van der Waals surface area contributed by atoms with Gasteiger partial charge in [0.05, 0.1) is 0 Å². The number of ether oxygens (including phenoxy) is 4. The fourth-order valence-electron chi connectivity index (χ4n) is 4.03. The zero-order valence-electron chi connectivity index (χ0n) is 26.5. The Kier molecular flexibility index (Phi) is 20.0. The van der Waals surface area contributed by atoms with Gasteiger partial charge in [-0.2, -0.15) is 0 Å². The number of aliphatic hydroxyl groups is 2. The maximum Gasteiger partial charge on any atom is 0.519 e. The minimum Gasteiger partial charge on any atom is -0.444 e. The predicted molar refractivity (Wildman–Crippen MR) is 161 cm³/mol. The Morgan fingerprint density at radius 2 is 1.02 bits per heavy atom. The number of likely N-dealkylation sites (tertiary alicyclic amines) is 1. The molecule has 2 fully saturated rings. The summed E-state index contributed by atoms with van der Waals surface area (Å²) in [5, 5.41) is 18.0. The van der Waals surface area contributed by atoms with Crippen LogP contribution in [0.15, 0.2) is 0 Å². The van der Waals surface area contributed by atoms with Crippen LogP contribution < -0.4 is 0 Å². The number of hydrogen-bond acceptors (Lipinski definition) is 9. The van der Waals surface area contributed by atoms with Crippen molar-refractivity contribution in [3.63, 3.8) is 0 Å². The molecule has 0 aromatic carbocycles. The van der Waals surface area contributed by atoms with E-state index in [1.165, 1.54) is 38.5 Å². The van der Waals surface area contributed by atoms with E-state index in [0.29, 0.717) is 19.1 Å². The molecule has 0 aromatic rings. The summed E-state index contributed by atoms with van der Waals surface area (Å²) >= 11 is 0. The van der Waals surface area contributed by atoms with E-state index in [1.54, 1.807) is 46.4 Å². The average Bonchev–Trinajstić information content (AvgIpc) is 3.19. The van der Waals surface area contributed by atoms with Gasteiger partial charge in [0.2, 0.25) is 0 Å². The normalized spacial score (nSPS) is 18.4. The van der Waals surface area contributed by atoms with Gasteiger partial charge in [0.25, 0.3) is 0 Å². The lowest BCUT2D eigenvalue weighted by atomic mass is 10.0. The van der Waals surface area contributed by atoms with Crippen LogP contribution >= 0.6 is 0 Å². The lowest BCUT2D eigenvalue weighted by Gasteiger charge is -2.27. The second-order valence-electron chi connectivity index (χ2n) is 13.5. The van der Waals surface area contributed by atoms with Gasteiger partial charge in [0.1, 0.15) is 16.8 Å². The fraction of sp³-hybridized carbons (Fsp3) is 0.903. The van der Waals surface area contributed by atoms with Gasteiger partial charge in [-0.15, -0.1) is 0 Å². The van der Waals surface area contributed by atoms with Crippen LogP contribution in [-0.4, -0.2) is 76.6 Å². The van der Waals surface area contributed by atoms with Crippen molar-refractivity contribution in [2.24, 2.45) is 11.8 Å². The average molecular weight is 592 g/mol. The monoisotopic (exact) mass is 591 g/mol. The van der Waals surface area contributed by atoms with Crippen molar-refractivity contribution >= 4 is 18.4 Å². The molecular weight excluding hydrogens is 530 g/mol. The first-order valence-corrected chi connectivity index (χ1v) is 14.7. The topological polar surface area (TPSA) is 132 Å². The van der Waals surface area contributed by atoms with Crippen LogP contribution in [0.1, 0.15) is 128 Å². The summed E-state index contributed by atoms with van der Waals surface area (Å²) in [7, 11) is 0. The quantitative estimate of drug-likeness (QED) is 0.145. The van der Waals surface area contributed by atoms with Crippen molar-refractivity contribution in [2.45, 2.75) is 144 Å². The molecule has 2 rings (SSSR count). The first kappa shape index (κ1) is 41.1. The van der Waals surface area contributed by atoms with Gasteiger partial charge in [-0.3, -0.25) is 0 Å². The SMILES string of the molecule is C.CC(C)(C)OC(=O)N1CCCCC(CO)C1.CC(C)(C)OC(=O)OC(=O)OC(C)(C)C.OCC1CCCCCC1. The first-order valence-electron chi connectivity index (χ1n) is 14.7. The lowest BCUT2D eigenvalue weighted by molar-refractivity contribution is -0.0294. The zero-order valence-corrected chi connectivity index (χ0v) is 26.5. The molecule has 1 heterocycles. The Labute approximate surface area is 249 Å². The zero-order chi connectivity index (χ0) is 31.0. The third-order valence-corrected chi connectivity index (χ3v) is 5.86. The Morgan fingerprint density at radius 3 is 1.41 bits per heavy atom. The van der Waals surface area contributed by atoms with Gasteiger partial charge < -0.3 is 34.1 Å². The lowest BCUT2D eigenvalue weighted by Crippen LogP contribution is -2.39. The molecular formula is C31H61NO9. The van der Waals surface area contributed by atoms with Gasteiger partial charge >= 0.3 is 18.4 Å². The van der Waals surface area contributed by atoms with Gasteiger partial charge in [-0.1, -0.05) is 39.5 Å². The van der Waals surface area contributed by atoms with E-state index < -0.39 is 29.1 Å². The van der Waals surface area contributed by atoms with Crippen molar-refractivity contribution in [1.29, 1.82) is 0 Å². The fourth-order valence-corrected chi connectivity index (χ4v) is 4.03. The molecule has 10 nitrogen and oxygen atoms in total. The maximum atomic E-state index is 11.9. The van der Waals surface area contributed by atoms with Crippen LogP contribution in [-0.2, 0) is 18.9 Å². The van der Waals surface area contributed by atoms with Crippen LogP contribution in [0.3, 0.4) is 0 Å². The predicted octanol–water partition coefficient (Wildman–Crippen LogP) is 7.47. The van der Waals surface area contributed by atoms with E-state index in [1.807, 2.05) is 20.8 Å². The Morgan fingerprint density at radius 1 is 0.634 bits per heavy atom. The summed E-state index contributed by atoms with van der Waals surface area (Å²) in [6.07, 6.45) is 8.66. The molecule has 41 heavy (non-hydrogen) atoms. The van der Waals surface area contributed by atoms with Gasteiger partial charge in [-0.05, 0) is 99.8 Å². The molecule has 0 aromatic heterocycles. The molecule has 0 radical (unpaired) electrons. The van der Waals surface area contributed by atoms with Crippen LogP contribution in [0, 0.1) is 11.8 Å². The number of aliphatic hydroxyl groups excluding tert-OH is 2. The van der Waals surface area contributed by atoms with Crippen LogP contribution in [0.5, 0.6) is 0 Å². The van der Waals surface area contributed by atoms with E-state index in [9.17, 15) is 14.4 Å². The number of hydrogen-bond donors (Lipinski definition) is 2. The highest BCUT2D eigenvalue weighted by atomic mass is 16.8. The minimum atomic E-state index is -1.06. The van der Waals surface area contributed by atoms with Crippen LogP contribution in [0.2, 0.25) is 0 Å². The summed E-state index contributed by atoms with van der Waals surface area (Å²) in [6, 6.07) is 0. The van der Waals surface area contributed by atoms with E-state index in [4.69, 9.17) is 24.4 Å². The Bertz CT molecular complexity index is 701. The first-order chi connectivity index (χ1) is 18.3. The van der Waals surface area contributed by atoms with E-state index >= 15 is 0 Å². The third-order valence-electron chi connectivity index (χ3n) is 5.86. The molecule has 244 valence electrons. The molecule has 1 unspecified atom stereocenters. The van der Waals surface area contributed by atoms with Crippen LogP contribution in [0.25, 0.3) is 0 Å². The molecule has 1 saturated heterocycles. The number of carbonyl (C=O) groups excluding carboxylic acids is 3. The molecule has 1 amide bonds. The van der Waals surface area contributed by atoms with E-state index in [-0.39, 0.29) is 26.0 Å². The van der Waals surface area contributed by atoms with Crippen molar-refractivity contribution < 1.29 is 43.5 Å². The van der Waals surface area contributed by atoms with Gasteiger partial charge in [0, 0.05) is 26.3 Å². The molecule has 2 aliphatic rings. The third kappa shape index (κ3) is 24.3. The van der Waals surface area contributed by atoms with Crippen molar-refractivity contribution in [1.82, 2.24) is 4.90 Å². The minimum absolute atomic E-state index is 0. The number of amides is 1. The molecule has 1 aliphatic carbocycles. The summed E-state index contributed by atoms with van der Waals surface area (Å²) in [5.74, 6) is 0.836. The summed E-state index contributed by atoms with van der Waals surface area (Å²) in [4.78, 5) is 35.6. The molecule has 10 heteroatoms. The van der Waals surface area contributed by atoms with Crippen LogP contribution in [0.4, 0.5) is 14.4 Å². The van der Waals surface area contributed by atoms with Crippen molar-refractivity contribution in [2.75, 3.05) is 26.3 Å². The molecule has 1 atom stereocenters. The molecule has 0 bridgehead atoms. The largest absolute Gasteiger partial charge is 0.519 e. The molecule has 0 spiro atoms. The summed E-state index contributed by atoms with van der Waals surface area (Å²) in [5.41, 5.74) is -1.84. The second-order valence-corrected chi connectivity index (χ2v) is 13.5. The van der Waals surface area contributed by atoms with Crippen molar-refractivity contribution in [3.8, 4) is 0 Å². The highest BCUT2D eigenvalue weighted by Crippen LogP contribution is 2.22. The van der Waals surface area contributed by atoms with Gasteiger partial charge in [-0.25, -0.2) is 14.4 Å². The number of carbonyl (C=O) groups is 3. The highest BCUT2D eigenvalue weighted by molar-refractivity contribution is 5.77. The number of nitrogens with zero attached hydrogens (tertiary/aromatic N) is 1. The van der Waals surface area contributed by atoms with Gasteiger partial charge in [0.15, 0.2) is 0 Å². The number of rotatable bonds is 2. The smallest absolute Gasteiger partial charge is 0.444 e. The molecule has 1 aliphatic heterocycles. The maximum absolute atomic E-state index is 11.9. The Balaban J connectivity index is 0. The van der Waals surface area contributed by atoms with E-state index in [2.05, 4.69) is 4.74 Å². The van der Waals surface area contributed by atoms with E-state index in [0.717, 1.165) is 25.8 Å². The molecule has 2 N–H and O–H groups in total. The second kappa shape index (κ2) is 19.9. The van der Waals surface area contributed by atoms with Crippen molar-refractivity contribution in [3.05, 3.63) is 0 Å². The Hall–Kier alpha value is -2.07. The standard InChI is InChI=1S/C12H23NO3.C10H18O5.C8H16O.CH4/c1-12(2,3)16-11(15)13-7-5-4-6-10(8-13)9-14;1-9(2,3)14-7(11)13-8(12)15-10(4,5)6;9-7-8-5-3-1-2-4-6-8;/h10,14H,4-9H2,1-3H3;1-6H3;8-9H,1-7H2;1H4. The summed E-state index contributed by atoms with van der Waals surface area (Å²) < 4.78 is 19.1.